The second kappa shape index (κ2) is 6.06. The third-order valence-electron chi connectivity index (χ3n) is 4.39. The van der Waals surface area contributed by atoms with Crippen LogP contribution in [0.3, 0.4) is 0 Å². The van der Waals surface area contributed by atoms with E-state index in [-0.39, 0.29) is 5.91 Å². The highest BCUT2D eigenvalue weighted by molar-refractivity contribution is 5.97. The molecule has 1 aromatic rings. The molecule has 1 aliphatic heterocycles. The third-order valence-corrected chi connectivity index (χ3v) is 4.39. The second-order valence-corrected chi connectivity index (χ2v) is 6.33. The predicted molar refractivity (Wildman–Crippen MR) is 83.7 cm³/mol. The molecule has 3 rings (SSSR count). The predicted octanol–water partition coefficient (Wildman–Crippen LogP) is 2.87. The van der Waals surface area contributed by atoms with Crippen LogP contribution in [-0.4, -0.2) is 24.1 Å². The maximum atomic E-state index is 11.7. The Kier molecular flexibility index (Phi) is 4.15. The molecule has 2 unspecified atom stereocenters. The number of hydrogen-bond acceptors (Lipinski definition) is 3. The first-order valence-electron chi connectivity index (χ1n) is 7.98. The first-order valence-corrected chi connectivity index (χ1v) is 7.98. The lowest BCUT2D eigenvalue weighted by Crippen LogP contribution is -2.36. The van der Waals surface area contributed by atoms with E-state index in [1.54, 1.807) is 6.92 Å². The largest absolute Gasteiger partial charge is 0.479 e. The molecule has 114 valence electrons. The Labute approximate surface area is 126 Å². The summed E-state index contributed by atoms with van der Waals surface area (Å²) in [4.78, 5) is 11.7. The SMILES string of the molecule is CC(Cc1ccc2c(c1)NC(=O)C(C)O2)NC1CCCC1. The summed E-state index contributed by atoms with van der Waals surface area (Å²) >= 11 is 0. The highest BCUT2D eigenvalue weighted by Gasteiger charge is 2.24. The maximum absolute atomic E-state index is 11.7. The topological polar surface area (TPSA) is 50.4 Å². The van der Waals surface area contributed by atoms with E-state index < -0.39 is 6.10 Å². The highest BCUT2D eigenvalue weighted by atomic mass is 16.5. The molecule has 1 saturated carbocycles. The number of nitrogens with one attached hydrogen (secondary N) is 2. The Morgan fingerprint density at radius 1 is 1.38 bits per heavy atom. The molecule has 1 aromatic carbocycles. The van der Waals surface area contributed by atoms with Crippen LogP contribution in [0.25, 0.3) is 0 Å². The van der Waals surface area contributed by atoms with Crippen LogP contribution in [0.1, 0.15) is 45.1 Å². The Balaban J connectivity index is 1.63. The number of fused-ring (bicyclic) bond motifs is 1. The molecule has 0 aromatic heterocycles. The van der Waals surface area contributed by atoms with E-state index in [1.807, 2.05) is 12.1 Å². The Hall–Kier alpha value is -1.55. The van der Waals surface area contributed by atoms with Gasteiger partial charge in [0, 0.05) is 12.1 Å². The van der Waals surface area contributed by atoms with Gasteiger partial charge >= 0.3 is 0 Å². The van der Waals surface area contributed by atoms with Crippen LogP contribution in [0.15, 0.2) is 18.2 Å². The molecule has 1 fully saturated rings. The van der Waals surface area contributed by atoms with Crippen molar-refractivity contribution in [2.24, 2.45) is 0 Å². The molecule has 0 bridgehead atoms. The second-order valence-electron chi connectivity index (χ2n) is 6.33. The van der Waals surface area contributed by atoms with Gasteiger partial charge in [0.1, 0.15) is 5.75 Å². The van der Waals surface area contributed by atoms with Crippen molar-refractivity contribution in [3.63, 3.8) is 0 Å². The number of ether oxygens (including phenoxy) is 1. The number of benzene rings is 1. The van der Waals surface area contributed by atoms with Gasteiger partial charge < -0.3 is 15.4 Å². The van der Waals surface area contributed by atoms with Gasteiger partial charge in [-0.05, 0) is 50.8 Å². The fourth-order valence-corrected chi connectivity index (χ4v) is 3.29. The molecular weight excluding hydrogens is 264 g/mol. The van der Waals surface area contributed by atoms with E-state index in [1.165, 1.54) is 31.2 Å². The van der Waals surface area contributed by atoms with Gasteiger partial charge in [0.25, 0.3) is 5.91 Å². The van der Waals surface area contributed by atoms with Gasteiger partial charge in [-0.3, -0.25) is 4.79 Å². The maximum Gasteiger partial charge on any atom is 0.265 e. The van der Waals surface area contributed by atoms with E-state index in [2.05, 4.69) is 23.6 Å². The third kappa shape index (κ3) is 3.38. The monoisotopic (exact) mass is 288 g/mol. The van der Waals surface area contributed by atoms with Gasteiger partial charge in [-0.1, -0.05) is 18.9 Å². The lowest BCUT2D eigenvalue weighted by Gasteiger charge is -2.24. The quantitative estimate of drug-likeness (QED) is 0.895. The minimum Gasteiger partial charge on any atom is -0.479 e. The van der Waals surface area contributed by atoms with Gasteiger partial charge in [-0.15, -0.1) is 0 Å². The number of carbonyl (C=O) groups excluding carboxylic acids is 1. The molecule has 1 amide bonds. The fourth-order valence-electron chi connectivity index (χ4n) is 3.29. The highest BCUT2D eigenvalue weighted by Crippen LogP contribution is 2.30. The average Bonchev–Trinajstić information content (AvgIpc) is 2.93. The van der Waals surface area contributed by atoms with E-state index in [0.29, 0.717) is 12.1 Å². The van der Waals surface area contributed by atoms with Crippen molar-refractivity contribution in [3.8, 4) is 5.75 Å². The van der Waals surface area contributed by atoms with Crippen molar-refractivity contribution in [2.75, 3.05) is 5.32 Å². The van der Waals surface area contributed by atoms with Crippen LogP contribution in [0, 0.1) is 0 Å². The molecule has 2 atom stereocenters. The van der Waals surface area contributed by atoms with E-state index in [4.69, 9.17) is 4.74 Å². The van der Waals surface area contributed by atoms with Crippen LogP contribution in [0.2, 0.25) is 0 Å². The minimum atomic E-state index is -0.411. The zero-order chi connectivity index (χ0) is 14.8. The standard InChI is InChI=1S/C17H24N2O2/c1-11(18-14-5-3-4-6-14)9-13-7-8-16-15(10-13)19-17(20)12(2)21-16/h7-8,10-12,14,18H,3-6,9H2,1-2H3,(H,19,20). The molecule has 2 N–H and O–H groups in total. The van der Waals surface area contributed by atoms with Crippen molar-refractivity contribution < 1.29 is 9.53 Å². The zero-order valence-corrected chi connectivity index (χ0v) is 12.8. The molecule has 2 aliphatic rings. The van der Waals surface area contributed by atoms with Gasteiger partial charge in [-0.25, -0.2) is 0 Å². The minimum absolute atomic E-state index is 0.0724. The summed E-state index contributed by atoms with van der Waals surface area (Å²) in [5.41, 5.74) is 2.02. The summed E-state index contributed by atoms with van der Waals surface area (Å²) in [6.07, 6.45) is 5.86. The smallest absolute Gasteiger partial charge is 0.265 e. The van der Waals surface area contributed by atoms with Crippen LogP contribution in [0.4, 0.5) is 5.69 Å². The number of rotatable bonds is 4. The van der Waals surface area contributed by atoms with Gasteiger partial charge in [-0.2, -0.15) is 0 Å². The normalized spacial score (nSPS) is 23.3. The first-order chi connectivity index (χ1) is 10.1. The van der Waals surface area contributed by atoms with Gasteiger partial charge in [0.05, 0.1) is 5.69 Å². The van der Waals surface area contributed by atoms with E-state index in [0.717, 1.165) is 17.9 Å². The van der Waals surface area contributed by atoms with Crippen molar-refractivity contribution in [1.82, 2.24) is 5.32 Å². The number of amides is 1. The molecule has 0 spiro atoms. The molecule has 4 heteroatoms. The molecule has 1 aliphatic carbocycles. The molecule has 0 saturated heterocycles. The van der Waals surface area contributed by atoms with Gasteiger partial charge in [0.2, 0.25) is 0 Å². The van der Waals surface area contributed by atoms with Crippen LogP contribution in [-0.2, 0) is 11.2 Å². The lowest BCUT2D eigenvalue weighted by atomic mass is 10.0. The first kappa shape index (κ1) is 14.4. The molecule has 0 radical (unpaired) electrons. The summed E-state index contributed by atoms with van der Waals surface area (Å²) < 4.78 is 5.58. The Morgan fingerprint density at radius 2 is 2.14 bits per heavy atom. The zero-order valence-electron chi connectivity index (χ0n) is 12.8. The molecular formula is C17H24N2O2. The van der Waals surface area contributed by atoms with Crippen molar-refractivity contribution >= 4 is 11.6 Å². The lowest BCUT2D eigenvalue weighted by molar-refractivity contribution is -0.122. The van der Waals surface area contributed by atoms with Crippen molar-refractivity contribution in [2.45, 2.75) is 64.1 Å². The van der Waals surface area contributed by atoms with Crippen LogP contribution >= 0.6 is 0 Å². The summed E-state index contributed by atoms with van der Waals surface area (Å²) in [6.45, 7) is 3.99. The summed E-state index contributed by atoms with van der Waals surface area (Å²) in [5, 5.41) is 6.62. The van der Waals surface area contributed by atoms with Crippen LogP contribution < -0.4 is 15.4 Å². The van der Waals surface area contributed by atoms with Crippen molar-refractivity contribution in [3.05, 3.63) is 23.8 Å². The molecule has 4 nitrogen and oxygen atoms in total. The van der Waals surface area contributed by atoms with E-state index in [9.17, 15) is 4.79 Å². The van der Waals surface area contributed by atoms with E-state index >= 15 is 0 Å². The number of hydrogen-bond donors (Lipinski definition) is 2. The Bertz CT molecular complexity index is 524. The van der Waals surface area contributed by atoms with Crippen molar-refractivity contribution in [1.29, 1.82) is 0 Å². The Morgan fingerprint density at radius 3 is 2.90 bits per heavy atom. The van der Waals surface area contributed by atoms with Crippen LogP contribution in [0.5, 0.6) is 5.75 Å². The molecule has 21 heavy (non-hydrogen) atoms. The fraction of sp³-hybridized carbons (Fsp3) is 0.588. The summed E-state index contributed by atoms with van der Waals surface area (Å²) in [6, 6.07) is 7.22. The summed E-state index contributed by atoms with van der Waals surface area (Å²) in [7, 11) is 0. The average molecular weight is 288 g/mol. The summed E-state index contributed by atoms with van der Waals surface area (Å²) in [5.74, 6) is 0.694. The van der Waals surface area contributed by atoms with Gasteiger partial charge in [0.15, 0.2) is 6.10 Å². The number of carbonyl (C=O) groups is 1. The molecule has 1 heterocycles. The number of anilines is 1.